The summed E-state index contributed by atoms with van der Waals surface area (Å²) in [5.41, 5.74) is 0.696. The van der Waals surface area contributed by atoms with E-state index in [9.17, 15) is 4.79 Å². The van der Waals surface area contributed by atoms with Crippen molar-refractivity contribution < 1.29 is 19.4 Å². The number of carboxylic acid groups (broad SMARTS) is 1. The second-order valence-electron chi connectivity index (χ2n) is 4.22. The summed E-state index contributed by atoms with van der Waals surface area (Å²) in [4.78, 5) is 10.6. The maximum absolute atomic E-state index is 10.6. The molecule has 0 aromatic heterocycles. The van der Waals surface area contributed by atoms with Gasteiger partial charge in [0.2, 0.25) is 0 Å². The number of carbonyl (C=O) groups is 1. The topological polar surface area (TPSA) is 55.8 Å². The Balaban J connectivity index is 2.23. The van der Waals surface area contributed by atoms with Crippen LogP contribution < -0.4 is 9.47 Å². The summed E-state index contributed by atoms with van der Waals surface area (Å²) in [5, 5.41) is 8.71. The van der Waals surface area contributed by atoms with E-state index in [1.165, 1.54) is 6.08 Å². The van der Waals surface area contributed by atoms with Crippen molar-refractivity contribution in [3.63, 3.8) is 0 Å². The minimum absolute atomic E-state index is 0.585. The van der Waals surface area contributed by atoms with E-state index in [1.807, 2.05) is 37.3 Å². The molecule has 108 valence electrons. The lowest BCUT2D eigenvalue weighted by atomic mass is 10.2. The van der Waals surface area contributed by atoms with Crippen LogP contribution in [0.3, 0.4) is 0 Å². The van der Waals surface area contributed by atoms with Gasteiger partial charge in [-0.05, 0) is 31.2 Å². The summed E-state index contributed by atoms with van der Waals surface area (Å²) in [6.07, 6.45) is 2.59. The van der Waals surface area contributed by atoms with Crippen LogP contribution in [0.2, 0.25) is 0 Å². The van der Waals surface area contributed by atoms with E-state index in [-0.39, 0.29) is 0 Å². The van der Waals surface area contributed by atoms with E-state index in [1.54, 1.807) is 18.2 Å². The summed E-state index contributed by atoms with van der Waals surface area (Å²) in [5.74, 6) is 0.956. The second kappa shape index (κ2) is 7.14. The molecule has 0 saturated heterocycles. The van der Waals surface area contributed by atoms with Gasteiger partial charge in [0.25, 0.3) is 0 Å². The van der Waals surface area contributed by atoms with Crippen molar-refractivity contribution in [1.82, 2.24) is 0 Å². The molecular formula is C17H16O4. The van der Waals surface area contributed by atoms with Crippen molar-refractivity contribution in [2.24, 2.45) is 0 Å². The van der Waals surface area contributed by atoms with Gasteiger partial charge in [-0.2, -0.15) is 0 Å². The van der Waals surface area contributed by atoms with Crippen LogP contribution >= 0.6 is 0 Å². The molecule has 2 rings (SSSR count). The van der Waals surface area contributed by atoms with Crippen LogP contribution in [0.25, 0.3) is 6.08 Å². The molecule has 0 radical (unpaired) electrons. The molecule has 0 bridgehead atoms. The van der Waals surface area contributed by atoms with Crippen molar-refractivity contribution in [3.05, 3.63) is 60.2 Å². The molecule has 2 aromatic carbocycles. The van der Waals surface area contributed by atoms with Gasteiger partial charge in [0.05, 0.1) is 6.61 Å². The van der Waals surface area contributed by atoms with Gasteiger partial charge < -0.3 is 14.6 Å². The summed E-state index contributed by atoms with van der Waals surface area (Å²) in [6, 6.07) is 14.5. The Hall–Kier alpha value is -2.75. The van der Waals surface area contributed by atoms with Crippen LogP contribution in [0.1, 0.15) is 12.5 Å². The zero-order valence-corrected chi connectivity index (χ0v) is 11.7. The zero-order chi connectivity index (χ0) is 15.1. The number of ether oxygens (including phenoxy) is 2. The highest BCUT2D eigenvalue weighted by Gasteiger charge is 2.03. The number of rotatable bonds is 6. The molecule has 0 saturated carbocycles. The Kier molecular flexibility index (Phi) is 4.99. The summed E-state index contributed by atoms with van der Waals surface area (Å²) >= 11 is 0. The smallest absolute Gasteiger partial charge is 0.328 e. The van der Waals surface area contributed by atoms with E-state index >= 15 is 0 Å². The van der Waals surface area contributed by atoms with Crippen LogP contribution in [0, 0.1) is 0 Å². The minimum atomic E-state index is -0.997. The Bertz CT molecular complexity index is 647. The molecule has 0 aliphatic rings. The molecule has 0 amide bonds. The largest absolute Gasteiger partial charge is 0.494 e. The molecule has 0 aliphatic heterocycles. The SMILES string of the molecule is CCOc1cccc(Oc2ccccc2C=CC(=O)O)c1. The van der Waals surface area contributed by atoms with Gasteiger partial charge in [-0.1, -0.05) is 24.3 Å². The zero-order valence-electron chi connectivity index (χ0n) is 11.7. The predicted molar refractivity (Wildman–Crippen MR) is 80.8 cm³/mol. The van der Waals surface area contributed by atoms with Crippen LogP contribution in [0.5, 0.6) is 17.2 Å². The van der Waals surface area contributed by atoms with Crippen molar-refractivity contribution in [2.45, 2.75) is 6.92 Å². The van der Waals surface area contributed by atoms with Gasteiger partial charge in [0, 0.05) is 17.7 Å². The van der Waals surface area contributed by atoms with Gasteiger partial charge in [0.1, 0.15) is 17.2 Å². The van der Waals surface area contributed by atoms with Crippen LogP contribution in [-0.4, -0.2) is 17.7 Å². The fourth-order valence-electron chi connectivity index (χ4n) is 1.79. The number of para-hydroxylation sites is 1. The highest BCUT2D eigenvalue weighted by Crippen LogP contribution is 2.28. The lowest BCUT2D eigenvalue weighted by Gasteiger charge is -2.10. The third-order valence-electron chi connectivity index (χ3n) is 2.67. The maximum atomic E-state index is 10.6. The third kappa shape index (κ3) is 4.38. The minimum Gasteiger partial charge on any atom is -0.494 e. The molecule has 0 spiro atoms. The Morgan fingerprint density at radius 1 is 1.14 bits per heavy atom. The second-order valence-corrected chi connectivity index (χ2v) is 4.22. The summed E-state index contributed by atoms with van der Waals surface area (Å²) < 4.78 is 11.2. The van der Waals surface area contributed by atoms with Crippen molar-refractivity contribution in [1.29, 1.82) is 0 Å². The predicted octanol–water partition coefficient (Wildman–Crippen LogP) is 3.98. The number of aliphatic carboxylic acids is 1. The average Bonchev–Trinajstić information content (AvgIpc) is 2.47. The normalized spacial score (nSPS) is 10.5. The Labute approximate surface area is 123 Å². The molecule has 0 aliphatic carbocycles. The highest BCUT2D eigenvalue weighted by molar-refractivity contribution is 5.85. The summed E-state index contributed by atoms with van der Waals surface area (Å²) in [6.45, 7) is 2.50. The molecule has 0 fully saturated rings. The van der Waals surface area contributed by atoms with E-state index < -0.39 is 5.97 Å². The highest BCUT2D eigenvalue weighted by atomic mass is 16.5. The van der Waals surface area contributed by atoms with Gasteiger partial charge in [-0.25, -0.2) is 4.79 Å². The number of benzene rings is 2. The van der Waals surface area contributed by atoms with Crippen molar-refractivity contribution >= 4 is 12.0 Å². The van der Waals surface area contributed by atoms with Crippen LogP contribution in [0.15, 0.2) is 54.6 Å². The van der Waals surface area contributed by atoms with Gasteiger partial charge >= 0.3 is 5.97 Å². The molecule has 21 heavy (non-hydrogen) atoms. The van der Waals surface area contributed by atoms with E-state index in [2.05, 4.69) is 0 Å². The van der Waals surface area contributed by atoms with E-state index in [4.69, 9.17) is 14.6 Å². The molecule has 1 N–H and O–H groups in total. The fourth-order valence-corrected chi connectivity index (χ4v) is 1.79. The molecule has 4 nitrogen and oxygen atoms in total. The van der Waals surface area contributed by atoms with Crippen LogP contribution in [-0.2, 0) is 4.79 Å². The van der Waals surface area contributed by atoms with Gasteiger partial charge in [-0.15, -0.1) is 0 Å². The Morgan fingerprint density at radius 3 is 2.67 bits per heavy atom. The maximum Gasteiger partial charge on any atom is 0.328 e. The third-order valence-corrected chi connectivity index (χ3v) is 2.67. The van der Waals surface area contributed by atoms with Gasteiger partial charge in [0.15, 0.2) is 0 Å². The fraction of sp³-hybridized carbons (Fsp3) is 0.118. The van der Waals surface area contributed by atoms with Crippen LogP contribution in [0.4, 0.5) is 0 Å². The van der Waals surface area contributed by atoms with E-state index in [0.29, 0.717) is 23.7 Å². The first-order valence-electron chi connectivity index (χ1n) is 6.60. The quantitative estimate of drug-likeness (QED) is 0.815. The number of hydrogen-bond donors (Lipinski definition) is 1. The monoisotopic (exact) mass is 284 g/mol. The average molecular weight is 284 g/mol. The molecular weight excluding hydrogens is 268 g/mol. The molecule has 0 heterocycles. The van der Waals surface area contributed by atoms with Gasteiger partial charge in [-0.3, -0.25) is 0 Å². The molecule has 0 unspecified atom stereocenters. The number of carboxylic acids is 1. The lowest BCUT2D eigenvalue weighted by Crippen LogP contribution is -1.92. The Morgan fingerprint density at radius 2 is 1.90 bits per heavy atom. The van der Waals surface area contributed by atoms with E-state index in [0.717, 1.165) is 11.8 Å². The molecule has 2 aromatic rings. The molecule has 4 heteroatoms. The first kappa shape index (κ1) is 14.7. The number of hydrogen-bond acceptors (Lipinski definition) is 3. The van der Waals surface area contributed by atoms with Crippen molar-refractivity contribution in [2.75, 3.05) is 6.61 Å². The summed E-state index contributed by atoms with van der Waals surface area (Å²) in [7, 11) is 0. The standard InChI is InChI=1S/C17H16O4/c1-2-20-14-7-5-8-15(12-14)21-16-9-4-3-6-13(16)10-11-17(18)19/h3-12H,2H2,1H3,(H,18,19). The first-order valence-corrected chi connectivity index (χ1v) is 6.60. The van der Waals surface area contributed by atoms with Crippen molar-refractivity contribution in [3.8, 4) is 17.2 Å². The molecule has 0 atom stereocenters. The first-order chi connectivity index (χ1) is 10.2. The lowest BCUT2D eigenvalue weighted by molar-refractivity contribution is -0.131.